The van der Waals surface area contributed by atoms with Gasteiger partial charge in [0.05, 0.1) is 23.8 Å². The van der Waals surface area contributed by atoms with E-state index in [9.17, 15) is 9.59 Å². The van der Waals surface area contributed by atoms with E-state index < -0.39 is 0 Å². The van der Waals surface area contributed by atoms with Gasteiger partial charge in [-0.25, -0.2) is 4.98 Å². The Morgan fingerprint density at radius 1 is 1.45 bits per heavy atom. The van der Waals surface area contributed by atoms with Crippen molar-refractivity contribution in [2.75, 3.05) is 6.61 Å². The van der Waals surface area contributed by atoms with Crippen molar-refractivity contribution in [2.45, 2.75) is 19.8 Å². The van der Waals surface area contributed by atoms with E-state index in [2.05, 4.69) is 41.8 Å². The molecule has 0 saturated heterocycles. The predicted molar refractivity (Wildman–Crippen MR) is 82.7 cm³/mol. The number of rotatable bonds is 4. The summed E-state index contributed by atoms with van der Waals surface area (Å²) in [5, 5.41) is 0. The smallest absolute Gasteiger partial charge is 0.306 e. The van der Waals surface area contributed by atoms with Crippen LogP contribution in [0.25, 0.3) is 11.0 Å². The number of hydrogen-bond donors (Lipinski definition) is 1. The monoisotopic (exact) mass is 402 g/mol. The first-order valence-corrected chi connectivity index (χ1v) is 7.63. The van der Waals surface area contributed by atoms with Crippen LogP contribution in [-0.4, -0.2) is 22.5 Å². The van der Waals surface area contributed by atoms with Gasteiger partial charge in [0.25, 0.3) is 5.56 Å². The third-order valence-electron chi connectivity index (χ3n) is 2.75. The lowest BCUT2D eigenvalue weighted by Gasteiger charge is -2.10. The van der Waals surface area contributed by atoms with E-state index in [-0.39, 0.29) is 17.9 Å². The number of nitrogens with zero attached hydrogens (tertiary/aromatic N) is 1. The van der Waals surface area contributed by atoms with Crippen molar-refractivity contribution in [3.8, 4) is 0 Å². The number of esters is 1. The molecule has 0 aliphatic rings. The average molecular weight is 404 g/mol. The average Bonchev–Trinajstić information content (AvgIpc) is 2.40. The number of carbonyl (C=O) groups is 1. The lowest BCUT2D eigenvalue weighted by Crippen LogP contribution is -2.09. The minimum atomic E-state index is -0.274. The predicted octanol–water partition coefficient (Wildman–Crippen LogP) is 2.94. The van der Waals surface area contributed by atoms with Crippen molar-refractivity contribution in [1.29, 1.82) is 0 Å². The summed E-state index contributed by atoms with van der Waals surface area (Å²) in [6, 6.07) is 1.81. The van der Waals surface area contributed by atoms with Gasteiger partial charge in [-0.15, -0.1) is 0 Å². The number of aromatic amines is 1. The Morgan fingerprint density at radius 2 is 2.20 bits per heavy atom. The number of nitrogens with one attached hydrogen (secondary N) is 1. The molecular weight excluding hydrogens is 392 g/mol. The first-order chi connectivity index (χ1) is 9.52. The van der Waals surface area contributed by atoms with E-state index >= 15 is 0 Å². The molecule has 1 heterocycles. The molecule has 0 atom stereocenters. The number of halogens is 2. The summed E-state index contributed by atoms with van der Waals surface area (Å²) < 4.78 is 6.54. The van der Waals surface area contributed by atoms with Crippen molar-refractivity contribution in [3.05, 3.63) is 37.1 Å². The van der Waals surface area contributed by atoms with E-state index in [0.29, 0.717) is 24.1 Å². The number of aromatic nitrogens is 2. The first-order valence-electron chi connectivity index (χ1n) is 6.04. The highest BCUT2D eigenvalue weighted by atomic mass is 79.9. The summed E-state index contributed by atoms with van der Waals surface area (Å²) in [5.74, 6) is -0.265. The van der Waals surface area contributed by atoms with Crippen LogP contribution < -0.4 is 5.56 Å². The number of benzene rings is 1. The van der Waals surface area contributed by atoms with Crippen LogP contribution in [0, 0.1) is 0 Å². The molecule has 0 aliphatic heterocycles. The Labute approximate surface area is 132 Å². The second-order valence-electron chi connectivity index (χ2n) is 4.10. The minimum Gasteiger partial charge on any atom is -0.466 e. The maximum absolute atomic E-state index is 11.5. The quantitative estimate of drug-likeness (QED) is 0.796. The molecular formula is C13H12Br2N2O3. The minimum absolute atomic E-state index is 0.245. The summed E-state index contributed by atoms with van der Waals surface area (Å²) in [5.41, 5.74) is 1.85. The molecule has 1 aromatic heterocycles. The van der Waals surface area contributed by atoms with Crippen LogP contribution >= 0.6 is 31.9 Å². The Kier molecular flexibility index (Phi) is 4.93. The summed E-state index contributed by atoms with van der Waals surface area (Å²) in [7, 11) is 0. The van der Waals surface area contributed by atoms with Gasteiger partial charge in [0, 0.05) is 15.4 Å². The Balaban J connectivity index is 2.44. The number of carbonyl (C=O) groups excluding carboxylic acids is 1. The molecule has 0 radical (unpaired) electrons. The highest BCUT2D eigenvalue weighted by Gasteiger charge is 2.13. The zero-order chi connectivity index (χ0) is 14.7. The van der Waals surface area contributed by atoms with E-state index in [1.54, 1.807) is 6.92 Å². The molecule has 0 spiro atoms. The molecule has 1 aromatic carbocycles. The second-order valence-corrected chi connectivity index (χ2v) is 5.74. The largest absolute Gasteiger partial charge is 0.466 e. The van der Waals surface area contributed by atoms with Gasteiger partial charge in [-0.1, -0.05) is 0 Å². The van der Waals surface area contributed by atoms with Crippen LogP contribution in [0.3, 0.4) is 0 Å². The van der Waals surface area contributed by atoms with Gasteiger partial charge in [0.2, 0.25) is 0 Å². The molecule has 5 nitrogen and oxygen atoms in total. The third-order valence-corrected chi connectivity index (χ3v) is 4.81. The fourth-order valence-electron chi connectivity index (χ4n) is 1.88. The topological polar surface area (TPSA) is 72.0 Å². The fourth-order valence-corrected chi connectivity index (χ4v) is 2.85. The van der Waals surface area contributed by atoms with Crippen molar-refractivity contribution in [2.24, 2.45) is 0 Å². The van der Waals surface area contributed by atoms with E-state index in [1.807, 2.05) is 6.07 Å². The maximum atomic E-state index is 11.5. The van der Waals surface area contributed by atoms with Gasteiger partial charge in [0.15, 0.2) is 0 Å². The number of ether oxygens (including phenoxy) is 1. The van der Waals surface area contributed by atoms with E-state index in [0.717, 1.165) is 14.5 Å². The van der Waals surface area contributed by atoms with Crippen LogP contribution in [0.15, 0.2) is 26.0 Å². The number of H-pyrrole nitrogens is 1. The van der Waals surface area contributed by atoms with E-state index in [1.165, 1.54) is 6.20 Å². The van der Waals surface area contributed by atoms with Crippen molar-refractivity contribution >= 4 is 48.9 Å². The van der Waals surface area contributed by atoms with Crippen LogP contribution in [0.1, 0.15) is 18.9 Å². The lowest BCUT2D eigenvalue weighted by molar-refractivity contribution is -0.143. The van der Waals surface area contributed by atoms with Gasteiger partial charge in [0.1, 0.15) is 0 Å². The summed E-state index contributed by atoms with van der Waals surface area (Å²) in [6.07, 6.45) is 1.93. The van der Waals surface area contributed by atoms with Gasteiger partial charge >= 0.3 is 5.97 Å². The van der Waals surface area contributed by atoms with Crippen LogP contribution in [0.4, 0.5) is 0 Å². The molecule has 0 saturated carbocycles. The van der Waals surface area contributed by atoms with Gasteiger partial charge in [-0.2, -0.15) is 0 Å². The lowest BCUT2D eigenvalue weighted by atomic mass is 10.1. The second kappa shape index (κ2) is 6.49. The summed E-state index contributed by atoms with van der Waals surface area (Å²) >= 11 is 6.89. The molecule has 0 fully saturated rings. The van der Waals surface area contributed by atoms with Gasteiger partial charge < -0.3 is 9.72 Å². The van der Waals surface area contributed by atoms with Crippen molar-refractivity contribution < 1.29 is 9.53 Å². The first kappa shape index (κ1) is 15.2. The van der Waals surface area contributed by atoms with Crippen molar-refractivity contribution in [3.63, 3.8) is 0 Å². The summed E-state index contributed by atoms with van der Waals surface area (Å²) in [4.78, 5) is 29.8. The fraction of sp³-hybridized carbons (Fsp3) is 0.308. The molecule has 0 aliphatic carbocycles. The van der Waals surface area contributed by atoms with Crippen LogP contribution in [-0.2, 0) is 16.0 Å². The normalized spacial score (nSPS) is 10.8. The molecule has 20 heavy (non-hydrogen) atoms. The molecule has 0 bridgehead atoms. The summed E-state index contributed by atoms with van der Waals surface area (Å²) in [6.45, 7) is 2.13. The van der Waals surface area contributed by atoms with Crippen LogP contribution in [0.2, 0.25) is 0 Å². The molecule has 2 rings (SSSR count). The molecule has 0 unspecified atom stereocenters. The molecule has 7 heteroatoms. The number of fused-ring (bicyclic) bond motifs is 1. The number of hydrogen-bond acceptors (Lipinski definition) is 4. The highest BCUT2D eigenvalue weighted by molar-refractivity contribution is 9.13. The molecule has 2 aromatic rings. The van der Waals surface area contributed by atoms with Crippen molar-refractivity contribution in [1.82, 2.24) is 9.97 Å². The standard InChI is InChI=1S/C13H12Br2N2O3/c1-2-20-11(19)4-3-7-12(15)8(14)5-9-13(7)17-10(18)6-16-9/h5-6H,2-4H2,1H3,(H,17,18). The SMILES string of the molecule is CCOC(=O)CCc1c(Br)c(Br)cc2ncc(=O)[nH]c12. The third kappa shape index (κ3) is 3.27. The Morgan fingerprint density at radius 3 is 2.90 bits per heavy atom. The zero-order valence-corrected chi connectivity index (χ0v) is 13.9. The van der Waals surface area contributed by atoms with Gasteiger partial charge in [-0.3, -0.25) is 9.59 Å². The maximum Gasteiger partial charge on any atom is 0.306 e. The zero-order valence-electron chi connectivity index (χ0n) is 10.7. The Hall–Kier alpha value is -1.21. The van der Waals surface area contributed by atoms with E-state index in [4.69, 9.17) is 4.74 Å². The van der Waals surface area contributed by atoms with Gasteiger partial charge in [-0.05, 0) is 56.8 Å². The highest BCUT2D eigenvalue weighted by Crippen LogP contribution is 2.32. The number of aryl methyl sites for hydroxylation is 1. The molecule has 106 valence electrons. The Bertz CT molecular complexity index is 713. The van der Waals surface area contributed by atoms with Crippen LogP contribution in [0.5, 0.6) is 0 Å². The molecule has 0 amide bonds. The molecule has 1 N–H and O–H groups in total.